The van der Waals surface area contributed by atoms with Crippen LogP contribution in [-0.4, -0.2) is 49.9 Å². The SMILES string of the molecule is CCOC(=O)c1ccc(N2C(=O)CC(N(Cc3ccc4c(c3)OCO4)S(=O)(=O)c3ccc(Cl)cc3)C2=O)cc1. The maximum atomic E-state index is 13.8. The van der Waals surface area contributed by atoms with E-state index in [0.29, 0.717) is 22.1 Å². The highest BCUT2D eigenvalue weighted by molar-refractivity contribution is 7.89. The molecule has 0 saturated carbocycles. The third-order valence-electron chi connectivity index (χ3n) is 6.30. The van der Waals surface area contributed by atoms with Crippen molar-refractivity contribution in [2.75, 3.05) is 18.3 Å². The summed E-state index contributed by atoms with van der Waals surface area (Å²) in [4.78, 5) is 39.5. The van der Waals surface area contributed by atoms with E-state index in [2.05, 4.69) is 0 Å². The van der Waals surface area contributed by atoms with Crippen LogP contribution in [0.1, 0.15) is 29.3 Å². The minimum atomic E-state index is -4.26. The lowest BCUT2D eigenvalue weighted by Gasteiger charge is -2.27. The van der Waals surface area contributed by atoms with Gasteiger partial charge in [0.15, 0.2) is 11.5 Å². The summed E-state index contributed by atoms with van der Waals surface area (Å²) in [5.74, 6) is -0.841. The number of ether oxygens (including phenoxy) is 3. The van der Waals surface area contributed by atoms with Crippen molar-refractivity contribution in [3.05, 3.63) is 82.9 Å². The van der Waals surface area contributed by atoms with E-state index in [1.54, 1.807) is 25.1 Å². The number of fused-ring (bicyclic) bond motifs is 1. The van der Waals surface area contributed by atoms with E-state index in [-0.39, 0.29) is 42.5 Å². The Morgan fingerprint density at radius 1 is 1.03 bits per heavy atom. The van der Waals surface area contributed by atoms with E-state index >= 15 is 0 Å². The van der Waals surface area contributed by atoms with Gasteiger partial charge in [-0.05, 0) is 73.2 Å². The minimum absolute atomic E-state index is 0.0467. The van der Waals surface area contributed by atoms with Crippen LogP contribution in [0.15, 0.2) is 71.6 Å². The van der Waals surface area contributed by atoms with E-state index in [1.165, 1.54) is 48.5 Å². The monoisotopic (exact) mass is 570 g/mol. The van der Waals surface area contributed by atoms with Crippen LogP contribution >= 0.6 is 11.6 Å². The topological polar surface area (TPSA) is 120 Å². The number of esters is 1. The predicted molar refractivity (Wildman–Crippen MR) is 140 cm³/mol. The quantitative estimate of drug-likeness (QED) is 0.296. The number of sulfonamides is 1. The van der Waals surface area contributed by atoms with Gasteiger partial charge in [-0.25, -0.2) is 18.1 Å². The average Bonchev–Trinajstić information content (AvgIpc) is 3.50. The van der Waals surface area contributed by atoms with Crippen LogP contribution in [-0.2, 0) is 30.9 Å². The summed E-state index contributed by atoms with van der Waals surface area (Å²) in [6.07, 6.45) is -0.365. The third kappa shape index (κ3) is 5.20. The van der Waals surface area contributed by atoms with Crippen LogP contribution in [0.5, 0.6) is 11.5 Å². The Labute approximate surface area is 229 Å². The molecule has 0 spiro atoms. The molecule has 1 saturated heterocycles. The molecule has 202 valence electrons. The summed E-state index contributed by atoms with van der Waals surface area (Å²) in [7, 11) is -4.26. The molecule has 10 nitrogen and oxygen atoms in total. The summed E-state index contributed by atoms with van der Waals surface area (Å²) in [6, 6.07) is 15.0. The van der Waals surface area contributed by atoms with Crippen LogP contribution < -0.4 is 14.4 Å². The Morgan fingerprint density at radius 2 is 1.72 bits per heavy atom. The Balaban J connectivity index is 1.49. The largest absolute Gasteiger partial charge is 0.462 e. The van der Waals surface area contributed by atoms with E-state index in [9.17, 15) is 22.8 Å². The molecule has 0 aliphatic carbocycles. The van der Waals surface area contributed by atoms with Gasteiger partial charge in [0.2, 0.25) is 22.7 Å². The number of hydrogen-bond donors (Lipinski definition) is 0. The summed E-state index contributed by atoms with van der Waals surface area (Å²) in [5, 5.41) is 0.348. The molecule has 2 aliphatic rings. The fourth-order valence-electron chi connectivity index (χ4n) is 4.40. The number of anilines is 1. The van der Waals surface area contributed by atoms with E-state index < -0.39 is 33.8 Å². The molecule has 2 amide bonds. The van der Waals surface area contributed by atoms with Crippen LogP contribution in [0.4, 0.5) is 5.69 Å². The molecule has 39 heavy (non-hydrogen) atoms. The molecule has 0 aromatic heterocycles. The molecule has 3 aromatic carbocycles. The van der Waals surface area contributed by atoms with Gasteiger partial charge >= 0.3 is 5.97 Å². The van der Waals surface area contributed by atoms with Crippen molar-refractivity contribution in [1.82, 2.24) is 4.31 Å². The Kier molecular flexibility index (Phi) is 7.30. The van der Waals surface area contributed by atoms with Gasteiger partial charge in [0.1, 0.15) is 6.04 Å². The van der Waals surface area contributed by atoms with E-state index in [0.717, 1.165) is 9.21 Å². The molecule has 2 aliphatic heterocycles. The zero-order chi connectivity index (χ0) is 27.7. The van der Waals surface area contributed by atoms with E-state index in [4.69, 9.17) is 25.8 Å². The standard InChI is InChI=1S/C27H23ClN2O8S/c1-2-36-27(33)18-4-8-20(9-5-18)30-25(31)14-22(26(30)32)29(39(34,35)21-10-6-19(28)7-11-21)15-17-3-12-23-24(13-17)38-16-37-23/h3-13,22H,2,14-16H2,1H3. The van der Waals surface area contributed by atoms with Gasteiger partial charge in [0.25, 0.3) is 5.91 Å². The van der Waals surface area contributed by atoms with Crippen molar-refractivity contribution in [3.8, 4) is 11.5 Å². The average molecular weight is 571 g/mol. The molecule has 0 radical (unpaired) electrons. The molecule has 0 N–H and O–H groups in total. The number of benzene rings is 3. The molecule has 1 fully saturated rings. The van der Waals surface area contributed by atoms with Gasteiger partial charge in [-0.15, -0.1) is 0 Å². The summed E-state index contributed by atoms with van der Waals surface area (Å²) >= 11 is 5.96. The molecule has 3 aromatic rings. The second-order valence-electron chi connectivity index (χ2n) is 8.75. The van der Waals surface area contributed by atoms with Gasteiger partial charge in [-0.3, -0.25) is 9.59 Å². The highest BCUT2D eigenvalue weighted by atomic mass is 35.5. The van der Waals surface area contributed by atoms with Crippen molar-refractivity contribution in [2.24, 2.45) is 0 Å². The number of rotatable bonds is 8. The molecular formula is C27H23ClN2O8S. The summed E-state index contributed by atoms with van der Waals surface area (Å²) in [6.45, 7) is 1.72. The number of nitrogens with zero attached hydrogens (tertiary/aromatic N) is 2. The van der Waals surface area contributed by atoms with Gasteiger partial charge in [-0.2, -0.15) is 4.31 Å². The summed E-state index contributed by atoms with van der Waals surface area (Å²) < 4.78 is 44.4. The zero-order valence-corrected chi connectivity index (χ0v) is 22.3. The number of amides is 2. The fraction of sp³-hybridized carbons (Fsp3) is 0.222. The first kappa shape index (κ1) is 26.7. The Morgan fingerprint density at radius 3 is 2.41 bits per heavy atom. The minimum Gasteiger partial charge on any atom is -0.462 e. The lowest BCUT2D eigenvalue weighted by molar-refractivity contribution is -0.122. The molecule has 0 bridgehead atoms. The molecular weight excluding hydrogens is 548 g/mol. The number of hydrogen-bond acceptors (Lipinski definition) is 8. The first-order valence-corrected chi connectivity index (χ1v) is 13.8. The number of carbonyl (C=O) groups is 3. The van der Waals surface area contributed by atoms with Crippen molar-refractivity contribution < 1.29 is 37.0 Å². The maximum absolute atomic E-state index is 13.8. The maximum Gasteiger partial charge on any atom is 0.338 e. The Hall–Kier alpha value is -3.93. The number of carbonyl (C=O) groups excluding carboxylic acids is 3. The lowest BCUT2D eigenvalue weighted by Crippen LogP contribution is -2.45. The Bertz CT molecular complexity index is 1540. The molecule has 1 unspecified atom stereocenters. The van der Waals surface area contributed by atoms with Gasteiger partial charge in [-0.1, -0.05) is 17.7 Å². The molecule has 2 heterocycles. The second kappa shape index (κ2) is 10.7. The fourth-order valence-corrected chi connectivity index (χ4v) is 6.09. The predicted octanol–water partition coefficient (Wildman–Crippen LogP) is 3.77. The highest BCUT2D eigenvalue weighted by Crippen LogP contribution is 2.35. The van der Waals surface area contributed by atoms with Crippen molar-refractivity contribution in [3.63, 3.8) is 0 Å². The first-order chi connectivity index (χ1) is 18.7. The second-order valence-corrected chi connectivity index (χ2v) is 11.1. The van der Waals surface area contributed by atoms with Crippen LogP contribution in [0, 0.1) is 0 Å². The first-order valence-electron chi connectivity index (χ1n) is 12.0. The van der Waals surface area contributed by atoms with Crippen LogP contribution in [0.3, 0.4) is 0 Å². The third-order valence-corrected chi connectivity index (χ3v) is 8.42. The van der Waals surface area contributed by atoms with Crippen molar-refractivity contribution >= 4 is 45.1 Å². The van der Waals surface area contributed by atoms with Crippen LogP contribution in [0.2, 0.25) is 5.02 Å². The number of imide groups is 1. The van der Waals surface area contributed by atoms with Gasteiger partial charge in [0, 0.05) is 11.6 Å². The molecule has 5 rings (SSSR count). The number of halogens is 1. The normalized spacial score (nSPS) is 16.7. The van der Waals surface area contributed by atoms with Crippen molar-refractivity contribution in [2.45, 2.75) is 30.8 Å². The molecule has 12 heteroatoms. The zero-order valence-electron chi connectivity index (χ0n) is 20.7. The smallest absolute Gasteiger partial charge is 0.338 e. The van der Waals surface area contributed by atoms with Gasteiger partial charge in [0.05, 0.1) is 29.2 Å². The van der Waals surface area contributed by atoms with Crippen molar-refractivity contribution in [1.29, 1.82) is 0 Å². The van der Waals surface area contributed by atoms with Crippen LogP contribution in [0.25, 0.3) is 0 Å². The summed E-state index contributed by atoms with van der Waals surface area (Å²) in [5.41, 5.74) is 1.01. The lowest BCUT2D eigenvalue weighted by atomic mass is 10.1. The van der Waals surface area contributed by atoms with Gasteiger partial charge < -0.3 is 14.2 Å². The highest BCUT2D eigenvalue weighted by Gasteiger charge is 2.47. The van der Waals surface area contributed by atoms with E-state index in [1.807, 2.05) is 0 Å². The molecule has 1 atom stereocenters.